The van der Waals surface area contributed by atoms with Crippen LogP contribution in [0.25, 0.3) is 0 Å². The SMILES string of the molecule is CCC(C)c1ccc(C2Sc3ccccc3C2C)cc1. The van der Waals surface area contributed by atoms with E-state index in [9.17, 15) is 0 Å². The van der Waals surface area contributed by atoms with Crippen LogP contribution in [0.1, 0.15) is 61.0 Å². The van der Waals surface area contributed by atoms with Gasteiger partial charge in [0.15, 0.2) is 0 Å². The normalized spacial score (nSPS) is 22.6. The number of hydrogen-bond donors (Lipinski definition) is 0. The van der Waals surface area contributed by atoms with Crippen LogP contribution in [0.3, 0.4) is 0 Å². The molecule has 0 saturated heterocycles. The smallest absolute Gasteiger partial charge is 0.0410 e. The molecule has 0 spiro atoms. The molecule has 1 heterocycles. The van der Waals surface area contributed by atoms with E-state index < -0.39 is 0 Å². The lowest BCUT2D eigenvalue weighted by molar-refractivity contribution is 0.728. The number of fused-ring (bicyclic) bond motifs is 1. The molecular weight excluding hydrogens is 260 g/mol. The third-order valence-corrected chi connectivity index (χ3v) is 6.12. The van der Waals surface area contributed by atoms with E-state index in [1.54, 1.807) is 0 Å². The van der Waals surface area contributed by atoms with Crippen molar-refractivity contribution in [3.05, 3.63) is 65.2 Å². The topological polar surface area (TPSA) is 0 Å². The Labute approximate surface area is 126 Å². The Hall–Kier alpha value is -1.21. The molecule has 0 amide bonds. The van der Waals surface area contributed by atoms with Gasteiger partial charge in [-0.25, -0.2) is 0 Å². The van der Waals surface area contributed by atoms with E-state index in [0.717, 1.165) is 0 Å². The summed E-state index contributed by atoms with van der Waals surface area (Å²) in [5.41, 5.74) is 4.43. The quantitative estimate of drug-likeness (QED) is 0.650. The number of rotatable bonds is 3. The van der Waals surface area contributed by atoms with Gasteiger partial charge in [-0.3, -0.25) is 0 Å². The van der Waals surface area contributed by atoms with Gasteiger partial charge in [0.2, 0.25) is 0 Å². The lowest BCUT2D eigenvalue weighted by Gasteiger charge is -2.17. The van der Waals surface area contributed by atoms with Gasteiger partial charge in [-0.05, 0) is 41.0 Å². The second-order valence-electron chi connectivity index (χ2n) is 5.84. The van der Waals surface area contributed by atoms with Crippen molar-refractivity contribution >= 4 is 11.8 Å². The zero-order chi connectivity index (χ0) is 14.1. The van der Waals surface area contributed by atoms with Crippen LogP contribution in [0.15, 0.2) is 53.4 Å². The minimum Gasteiger partial charge on any atom is -0.117 e. The maximum absolute atomic E-state index is 2.35. The molecule has 2 aromatic rings. The Morgan fingerprint density at radius 1 is 1.05 bits per heavy atom. The molecule has 1 aliphatic rings. The average Bonchev–Trinajstić information content (AvgIpc) is 2.84. The van der Waals surface area contributed by atoms with Crippen molar-refractivity contribution in [1.29, 1.82) is 0 Å². The molecule has 1 aliphatic heterocycles. The van der Waals surface area contributed by atoms with E-state index in [4.69, 9.17) is 0 Å². The fraction of sp³-hybridized carbons (Fsp3) is 0.368. The van der Waals surface area contributed by atoms with Crippen molar-refractivity contribution in [3.8, 4) is 0 Å². The van der Waals surface area contributed by atoms with Gasteiger partial charge in [0.05, 0.1) is 0 Å². The molecule has 3 rings (SSSR count). The third kappa shape index (κ3) is 2.40. The molecule has 1 heteroatoms. The van der Waals surface area contributed by atoms with Crippen LogP contribution in [0.5, 0.6) is 0 Å². The van der Waals surface area contributed by atoms with Gasteiger partial charge < -0.3 is 0 Å². The summed E-state index contributed by atoms with van der Waals surface area (Å²) in [4.78, 5) is 1.45. The summed E-state index contributed by atoms with van der Waals surface area (Å²) in [7, 11) is 0. The molecular formula is C19H22S. The minimum absolute atomic E-state index is 0.568. The molecule has 20 heavy (non-hydrogen) atoms. The first-order chi connectivity index (χ1) is 9.70. The van der Waals surface area contributed by atoms with E-state index in [2.05, 4.69) is 69.3 Å². The van der Waals surface area contributed by atoms with Crippen molar-refractivity contribution in [2.24, 2.45) is 0 Å². The highest BCUT2D eigenvalue weighted by molar-refractivity contribution is 8.00. The second-order valence-corrected chi connectivity index (χ2v) is 7.02. The average molecular weight is 282 g/mol. The van der Waals surface area contributed by atoms with Gasteiger partial charge >= 0.3 is 0 Å². The summed E-state index contributed by atoms with van der Waals surface area (Å²) in [5, 5.41) is 0.568. The summed E-state index contributed by atoms with van der Waals surface area (Å²) < 4.78 is 0. The van der Waals surface area contributed by atoms with Crippen molar-refractivity contribution in [2.75, 3.05) is 0 Å². The first-order valence-electron chi connectivity index (χ1n) is 7.56. The summed E-state index contributed by atoms with van der Waals surface area (Å²) in [6.07, 6.45) is 1.21. The molecule has 0 fully saturated rings. The van der Waals surface area contributed by atoms with Crippen molar-refractivity contribution < 1.29 is 0 Å². The standard InChI is InChI=1S/C19H22S/c1-4-13(2)15-9-11-16(12-10-15)19-14(3)17-7-5-6-8-18(17)20-19/h5-14,19H,4H2,1-3H3. The van der Waals surface area contributed by atoms with Gasteiger partial charge in [-0.15, -0.1) is 11.8 Å². The molecule has 0 bridgehead atoms. The van der Waals surface area contributed by atoms with Gasteiger partial charge in [0.25, 0.3) is 0 Å². The highest BCUT2D eigenvalue weighted by Gasteiger charge is 2.30. The molecule has 0 aliphatic carbocycles. The van der Waals surface area contributed by atoms with Crippen molar-refractivity contribution in [2.45, 2.75) is 49.2 Å². The van der Waals surface area contributed by atoms with Gasteiger partial charge in [-0.1, -0.05) is 63.2 Å². The molecule has 3 unspecified atom stereocenters. The van der Waals surface area contributed by atoms with Crippen LogP contribution in [0.4, 0.5) is 0 Å². The van der Waals surface area contributed by atoms with Crippen molar-refractivity contribution in [3.63, 3.8) is 0 Å². The monoisotopic (exact) mass is 282 g/mol. The first-order valence-corrected chi connectivity index (χ1v) is 8.44. The van der Waals surface area contributed by atoms with Crippen molar-refractivity contribution in [1.82, 2.24) is 0 Å². The number of hydrogen-bond acceptors (Lipinski definition) is 1. The Morgan fingerprint density at radius 3 is 2.40 bits per heavy atom. The number of benzene rings is 2. The van der Waals surface area contributed by atoms with E-state index in [1.807, 2.05) is 11.8 Å². The summed E-state index contributed by atoms with van der Waals surface area (Å²) >= 11 is 2.02. The predicted molar refractivity (Wildman–Crippen MR) is 88.6 cm³/mol. The Morgan fingerprint density at radius 2 is 1.75 bits per heavy atom. The van der Waals surface area contributed by atoms with Crippen LogP contribution in [-0.2, 0) is 0 Å². The highest BCUT2D eigenvalue weighted by atomic mass is 32.2. The minimum atomic E-state index is 0.568. The molecule has 0 nitrogen and oxygen atoms in total. The van der Waals surface area contributed by atoms with E-state index in [1.165, 1.54) is 28.0 Å². The maximum atomic E-state index is 2.35. The Kier molecular flexibility index (Phi) is 3.89. The Balaban J connectivity index is 1.85. The summed E-state index contributed by atoms with van der Waals surface area (Å²) in [6.45, 7) is 6.91. The van der Waals surface area contributed by atoms with E-state index in [0.29, 0.717) is 17.1 Å². The summed E-state index contributed by atoms with van der Waals surface area (Å²) in [6, 6.07) is 18.1. The van der Waals surface area contributed by atoms with Crippen LogP contribution < -0.4 is 0 Å². The molecule has 0 aromatic heterocycles. The lowest BCUT2D eigenvalue weighted by atomic mass is 9.91. The molecule has 0 radical (unpaired) electrons. The van der Waals surface area contributed by atoms with Gasteiger partial charge in [0, 0.05) is 10.1 Å². The molecule has 3 atom stereocenters. The molecule has 0 saturated carbocycles. The zero-order valence-electron chi connectivity index (χ0n) is 12.5. The van der Waals surface area contributed by atoms with E-state index in [-0.39, 0.29) is 0 Å². The van der Waals surface area contributed by atoms with Crippen LogP contribution in [-0.4, -0.2) is 0 Å². The van der Waals surface area contributed by atoms with Gasteiger partial charge in [-0.2, -0.15) is 0 Å². The maximum Gasteiger partial charge on any atom is 0.0410 e. The van der Waals surface area contributed by atoms with Gasteiger partial charge in [0.1, 0.15) is 0 Å². The number of thioether (sulfide) groups is 1. The Bertz CT molecular complexity index is 585. The third-order valence-electron chi connectivity index (χ3n) is 4.56. The van der Waals surface area contributed by atoms with Crippen LogP contribution in [0, 0.1) is 0 Å². The predicted octanol–water partition coefficient (Wildman–Crippen LogP) is 6.15. The fourth-order valence-corrected chi connectivity index (χ4v) is 4.44. The zero-order valence-corrected chi connectivity index (χ0v) is 13.3. The second kappa shape index (κ2) is 5.65. The highest BCUT2D eigenvalue weighted by Crippen LogP contribution is 2.53. The molecule has 0 N–H and O–H groups in total. The van der Waals surface area contributed by atoms with Crippen LogP contribution >= 0.6 is 11.8 Å². The summed E-state index contributed by atoms with van der Waals surface area (Å²) in [5.74, 6) is 1.26. The first kappa shape index (κ1) is 13.8. The van der Waals surface area contributed by atoms with E-state index >= 15 is 0 Å². The largest absolute Gasteiger partial charge is 0.117 e. The lowest BCUT2D eigenvalue weighted by Crippen LogP contribution is -1.99. The fourth-order valence-electron chi connectivity index (χ4n) is 2.97. The molecule has 2 aromatic carbocycles. The molecule has 104 valence electrons. The van der Waals surface area contributed by atoms with Crippen LogP contribution in [0.2, 0.25) is 0 Å².